The van der Waals surface area contributed by atoms with E-state index in [4.69, 9.17) is 0 Å². The van der Waals surface area contributed by atoms with Crippen molar-refractivity contribution in [1.82, 2.24) is 0 Å². The van der Waals surface area contributed by atoms with Gasteiger partial charge in [0.2, 0.25) is 5.52 Å². The SMILES string of the molecule is CCC(=Cc1sc2ccc(-c3ccccc3)cc2[n+]1CCC[n+]1ccccc1)C=C1Sc2ccc(-c3ccccc3)cc2N1CCC[n+]1ccccc1. The Hall–Kier alpha value is -5.30. The number of thiazole rings is 1. The van der Waals surface area contributed by atoms with Crippen molar-refractivity contribution in [2.75, 3.05) is 11.4 Å². The summed E-state index contributed by atoms with van der Waals surface area (Å²) in [6, 6.07) is 48.0. The van der Waals surface area contributed by atoms with Crippen molar-refractivity contribution in [3.63, 3.8) is 0 Å². The van der Waals surface area contributed by atoms with Crippen LogP contribution in [0.1, 0.15) is 31.2 Å². The second-order valence-electron chi connectivity index (χ2n) is 13.4. The Balaban J connectivity index is 1.14. The standard InChI is InChI=1S/C47H45N4S2/c1-2-37(33-46-50(31-15-29-48-25-11-5-12-26-48)42-35-40(21-23-44(42)52-46)38-17-7-3-8-18-38)34-47-51(32-16-30-49-27-13-6-14-28-49)43-36-41(22-24-45(43)53-47)39-19-9-4-10-20-39/h3-14,17-28,33-36H,2,15-16,29-32H2,1H3/q+3. The Morgan fingerprint density at radius 3 is 1.89 bits per heavy atom. The number of hydrogen-bond donors (Lipinski definition) is 0. The molecule has 0 bridgehead atoms. The minimum atomic E-state index is 0.950. The summed E-state index contributed by atoms with van der Waals surface area (Å²) in [5.41, 5.74) is 8.97. The van der Waals surface area contributed by atoms with E-state index in [1.165, 1.54) is 58.7 Å². The highest BCUT2D eigenvalue weighted by Gasteiger charge is 2.27. The van der Waals surface area contributed by atoms with Crippen LogP contribution in [-0.4, -0.2) is 6.54 Å². The zero-order valence-corrected chi connectivity index (χ0v) is 31.9. The molecule has 4 aromatic carbocycles. The Labute approximate surface area is 321 Å². The van der Waals surface area contributed by atoms with Crippen molar-refractivity contribution in [3.8, 4) is 22.3 Å². The van der Waals surface area contributed by atoms with E-state index < -0.39 is 0 Å². The molecule has 262 valence electrons. The number of anilines is 1. The van der Waals surface area contributed by atoms with Crippen LogP contribution in [0, 0.1) is 0 Å². The molecule has 8 rings (SSSR count). The van der Waals surface area contributed by atoms with Crippen LogP contribution in [-0.2, 0) is 19.6 Å². The van der Waals surface area contributed by atoms with Crippen LogP contribution in [0.2, 0.25) is 0 Å². The van der Waals surface area contributed by atoms with Crippen molar-refractivity contribution >= 4 is 45.1 Å². The number of pyridine rings is 2. The third-order valence-corrected chi connectivity index (χ3v) is 12.1. The second-order valence-corrected chi connectivity index (χ2v) is 15.6. The van der Waals surface area contributed by atoms with Gasteiger partial charge in [-0.2, -0.15) is 4.57 Å². The van der Waals surface area contributed by atoms with Crippen LogP contribution in [0.15, 0.2) is 180 Å². The van der Waals surface area contributed by atoms with Crippen LogP contribution >= 0.6 is 23.1 Å². The number of allylic oxidation sites excluding steroid dienone is 2. The van der Waals surface area contributed by atoms with Crippen molar-refractivity contribution in [2.45, 2.75) is 50.7 Å². The van der Waals surface area contributed by atoms with Crippen LogP contribution in [0.5, 0.6) is 0 Å². The Morgan fingerprint density at radius 2 is 1.23 bits per heavy atom. The van der Waals surface area contributed by atoms with Crippen LogP contribution in [0.3, 0.4) is 0 Å². The van der Waals surface area contributed by atoms with E-state index in [9.17, 15) is 0 Å². The van der Waals surface area contributed by atoms with Crippen LogP contribution < -0.4 is 18.6 Å². The third-order valence-electron chi connectivity index (χ3n) is 9.85. The first-order valence-corrected chi connectivity index (χ1v) is 20.3. The number of rotatable bonds is 13. The second kappa shape index (κ2) is 16.6. The maximum absolute atomic E-state index is 2.56. The highest BCUT2D eigenvalue weighted by molar-refractivity contribution is 8.03. The molecular weight excluding hydrogens is 685 g/mol. The van der Waals surface area contributed by atoms with Gasteiger partial charge >= 0.3 is 0 Å². The molecule has 6 heteroatoms. The molecule has 0 saturated heterocycles. The summed E-state index contributed by atoms with van der Waals surface area (Å²) in [6.07, 6.45) is 16.6. The lowest BCUT2D eigenvalue weighted by molar-refractivity contribution is -0.716. The van der Waals surface area contributed by atoms with Gasteiger partial charge < -0.3 is 4.90 Å². The molecule has 0 amide bonds. The molecule has 4 nitrogen and oxygen atoms in total. The fraction of sp³-hybridized carbons (Fsp3) is 0.170. The van der Waals surface area contributed by atoms with Gasteiger partial charge in [-0.25, -0.2) is 9.13 Å². The zero-order valence-electron chi connectivity index (χ0n) is 30.2. The fourth-order valence-corrected chi connectivity index (χ4v) is 9.34. The molecule has 53 heavy (non-hydrogen) atoms. The smallest absolute Gasteiger partial charge is 0.263 e. The van der Waals surface area contributed by atoms with Crippen molar-refractivity contribution in [3.05, 3.63) is 180 Å². The molecular formula is C47H45N4S2+3. The molecule has 1 aliphatic rings. The molecule has 0 radical (unpaired) electrons. The van der Waals surface area contributed by atoms with Crippen LogP contribution in [0.4, 0.5) is 5.69 Å². The van der Waals surface area contributed by atoms with Crippen molar-refractivity contribution in [1.29, 1.82) is 0 Å². The molecule has 4 heterocycles. The summed E-state index contributed by atoms with van der Waals surface area (Å²) < 4.78 is 8.44. The molecule has 0 atom stereocenters. The number of benzene rings is 4. The number of nitrogens with zero attached hydrogens (tertiary/aromatic N) is 4. The first kappa shape index (κ1) is 34.8. The average Bonchev–Trinajstić information content (AvgIpc) is 3.74. The minimum Gasteiger partial charge on any atom is -0.335 e. The summed E-state index contributed by atoms with van der Waals surface area (Å²) >= 11 is 3.80. The summed E-state index contributed by atoms with van der Waals surface area (Å²) in [6.45, 7) is 6.15. The highest BCUT2D eigenvalue weighted by Crippen LogP contribution is 2.48. The number of fused-ring (bicyclic) bond motifs is 2. The van der Waals surface area contributed by atoms with Gasteiger partial charge in [0.25, 0.3) is 5.01 Å². The van der Waals surface area contributed by atoms with Gasteiger partial charge in [0.05, 0.1) is 17.1 Å². The van der Waals surface area contributed by atoms with Crippen molar-refractivity contribution < 1.29 is 13.7 Å². The number of thioether (sulfide) groups is 1. The van der Waals surface area contributed by atoms with E-state index in [1.807, 2.05) is 23.1 Å². The predicted octanol–water partition coefficient (Wildman–Crippen LogP) is 10.5. The van der Waals surface area contributed by atoms with E-state index >= 15 is 0 Å². The molecule has 0 spiro atoms. The Morgan fingerprint density at radius 1 is 0.623 bits per heavy atom. The normalized spacial score (nSPS) is 13.6. The van der Waals surface area contributed by atoms with Gasteiger partial charge in [0.15, 0.2) is 37.9 Å². The quantitative estimate of drug-likeness (QED) is 0.110. The van der Waals surface area contributed by atoms with Gasteiger partial charge in [-0.1, -0.05) is 115 Å². The predicted molar refractivity (Wildman–Crippen MR) is 221 cm³/mol. The lowest BCUT2D eigenvalue weighted by Gasteiger charge is -2.21. The highest BCUT2D eigenvalue weighted by atomic mass is 32.2. The molecule has 3 aromatic heterocycles. The van der Waals surface area contributed by atoms with Gasteiger partial charge in [-0.05, 0) is 58.5 Å². The van der Waals surface area contributed by atoms with E-state index in [-0.39, 0.29) is 0 Å². The minimum absolute atomic E-state index is 0.950. The average molecular weight is 730 g/mol. The van der Waals surface area contributed by atoms with Gasteiger partial charge in [0.1, 0.15) is 11.2 Å². The molecule has 0 unspecified atom stereocenters. The molecule has 0 saturated carbocycles. The first-order valence-electron chi connectivity index (χ1n) is 18.7. The Bertz CT molecular complexity index is 2350. The molecule has 1 aliphatic heterocycles. The molecule has 0 aliphatic carbocycles. The summed E-state index contributed by atoms with van der Waals surface area (Å²) in [5.74, 6) is 0. The first-order chi connectivity index (χ1) is 26.2. The maximum atomic E-state index is 2.56. The number of aryl methyl sites for hydroxylation is 3. The van der Waals surface area contributed by atoms with E-state index in [1.54, 1.807) is 0 Å². The monoisotopic (exact) mass is 729 g/mol. The zero-order chi connectivity index (χ0) is 35.8. The third kappa shape index (κ3) is 8.20. The fourth-order valence-electron chi connectivity index (χ4n) is 7.05. The van der Waals surface area contributed by atoms with E-state index in [0.29, 0.717) is 0 Å². The van der Waals surface area contributed by atoms with Crippen LogP contribution in [0.25, 0.3) is 38.5 Å². The summed E-state index contributed by atoms with van der Waals surface area (Å²) in [7, 11) is 0. The lowest BCUT2D eigenvalue weighted by atomic mass is 10.0. The van der Waals surface area contributed by atoms with Gasteiger partial charge in [0, 0.05) is 54.3 Å². The number of aromatic nitrogens is 3. The topological polar surface area (TPSA) is 14.9 Å². The van der Waals surface area contributed by atoms with E-state index in [0.717, 1.165) is 45.4 Å². The lowest BCUT2D eigenvalue weighted by Crippen LogP contribution is -2.39. The van der Waals surface area contributed by atoms with Gasteiger partial charge in [-0.3, -0.25) is 0 Å². The largest absolute Gasteiger partial charge is 0.335 e. The number of hydrogen-bond acceptors (Lipinski definition) is 3. The maximum Gasteiger partial charge on any atom is 0.263 e. The van der Waals surface area contributed by atoms with Gasteiger partial charge in [-0.15, -0.1) is 0 Å². The molecule has 7 aromatic rings. The Kier molecular flexibility index (Phi) is 10.9. The molecule has 0 fully saturated rings. The van der Waals surface area contributed by atoms with E-state index in [2.05, 4.69) is 196 Å². The molecule has 0 N–H and O–H groups in total. The summed E-state index contributed by atoms with van der Waals surface area (Å²) in [5, 5.41) is 2.60. The summed E-state index contributed by atoms with van der Waals surface area (Å²) in [4.78, 5) is 3.88. The van der Waals surface area contributed by atoms with Crippen molar-refractivity contribution in [2.24, 2.45) is 0 Å².